The summed E-state index contributed by atoms with van der Waals surface area (Å²) in [6, 6.07) is 16.9. The molecular formula is C35H44N2O2. The number of hydrogen-bond donors (Lipinski definition) is 2. The maximum atomic E-state index is 14.1. The van der Waals surface area contributed by atoms with Crippen molar-refractivity contribution in [3.05, 3.63) is 65.9 Å². The second kappa shape index (κ2) is 9.35. The normalized spacial score (nSPS) is 33.8. The SMILES string of the molecule is CC(C)(C)c1ccc(-c2ccccc2)cc1NC(=O)[C@H]1CCC2C3CNC4=CC(=O)CC[C@]4(C)C3CC[C@@]21C. The quantitative estimate of drug-likeness (QED) is 0.437. The van der Waals surface area contributed by atoms with Crippen LogP contribution in [0.3, 0.4) is 0 Å². The molecule has 3 fully saturated rings. The molecule has 3 aliphatic carbocycles. The van der Waals surface area contributed by atoms with Gasteiger partial charge < -0.3 is 10.6 Å². The van der Waals surface area contributed by atoms with Crippen LogP contribution >= 0.6 is 0 Å². The summed E-state index contributed by atoms with van der Waals surface area (Å²) in [6.45, 7) is 12.4. The number of benzene rings is 2. The Morgan fingerprint density at radius 3 is 2.46 bits per heavy atom. The molecule has 39 heavy (non-hydrogen) atoms. The number of fused-ring (bicyclic) bond motifs is 5. The van der Waals surface area contributed by atoms with Crippen LogP contribution in [-0.4, -0.2) is 18.2 Å². The summed E-state index contributed by atoms with van der Waals surface area (Å²) in [7, 11) is 0. The highest BCUT2D eigenvalue weighted by Gasteiger charge is 2.60. The molecule has 2 N–H and O–H groups in total. The van der Waals surface area contributed by atoms with Crippen LogP contribution < -0.4 is 10.6 Å². The first-order chi connectivity index (χ1) is 18.5. The highest BCUT2D eigenvalue weighted by molar-refractivity contribution is 5.95. The van der Waals surface area contributed by atoms with Crippen molar-refractivity contribution in [1.82, 2.24) is 5.32 Å². The van der Waals surface area contributed by atoms with E-state index in [1.54, 1.807) is 0 Å². The van der Waals surface area contributed by atoms with Gasteiger partial charge in [0.2, 0.25) is 5.91 Å². The van der Waals surface area contributed by atoms with Gasteiger partial charge in [-0.15, -0.1) is 0 Å². The van der Waals surface area contributed by atoms with E-state index < -0.39 is 0 Å². The average Bonchev–Trinajstić information content (AvgIpc) is 3.26. The van der Waals surface area contributed by atoms with Crippen molar-refractivity contribution in [2.45, 2.75) is 78.6 Å². The summed E-state index contributed by atoms with van der Waals surface area (Å²) in [6.07, 6.45) is 7.79. The number of rotatable bonds is 3. The fraction of sp³-hybridized carbons (Fsp3) is 0.543. The molecule has 6 atom stereocenters. The van der Waals surface area contributed by atoms with Gasteiger partial charge in [0.25, 0.3) is 0 Å². The lowest BCUT2D eigenvalue weighted by Crippen LogP contribution is -2.57. The van der Waals surface area contributed by atoms with Crippen molar-refractivity contribution in [2.75, 3.05) is 11.9 Å². The van der Waals surface area contributed by atoms with E-state index in [9.17, 15) is 9.59 Å². The van der Waals surface area contributed by atoms with Gasteiger partial charge in [-0.05, 0) is 83.4 Å². The second-order valence-corrected chi connectivity index (χ2v) is 14.2. The van der Waals surface area contributed by atoms with Gasteiger partial charge in [0.05, 0.1) is 0 Å². The van der Waals surface area contributed by atoms with Crippen LogP contribution in [0.25, 0.3) is 11.1 Å². The van der Waals surface area contributed by atoms with E-state index in [4.69, 9.17) is 0 Å². The van der Waals surface area contributed by atoms with E-state index >= 15 is 0 Å². The van der Waals surface area contributed by atoms with Gasteiger partial charge in [0.15, 0.2) is 5.78 Å². The van der Waals surface area contributed by atoms with Crippen LogP contribution in [0.2, 0.25) is 0 Å². The third-order valence-corrected chi connectivity index (χ3v) is 11.1. The monoisotopic (exact) mass is 524 g/mol. The lowest BCUT2D eigenvalue weighted by atomic mass is 9.50. The Morgan fingerprint density at radius 2 is 1.72 bits per heavy atom. The third-order valence-electron chi connectivity index (χ3n) is 11.1. The maximum Gasteiger partial charge on any atom is 0.228 e. The summed E-state index contributed by atoms with van der Waals surface area (Å²) < 4.78 is 0. The molecule has 2 saturated carbocycles. The van der Waals surface area contributed by atoms with Crippen LogP contribution in [-0.2, 0) is 15.0 Å². The number of hydrogen-bond acceptors (Lipinski definition) is 3. The summed E-state index contributed by atoms with van der Waals surface area (Å²) in [4.78, 5) is 26.3. The van der Waals surface area contributed by atoms with Crippen molar-refractivity contribution in [3.63, 3.8) is 0 Å². The van der Waals surface area contributed by atoms with Crippen LogP contribution in [0.5, 0.6) is 0 Å². The van der Waals surface area contributed by atoms with Gasteiger partial charge in [-0.1, -0.05) is 77.1 Å². The number of amides is 1. The zero-order chi connectivity index (χ0) is 27.6. The number of carbonyl (C=O) groups is 2. The van der Waals surface area contributed by atoms with Crippen LogP contribution in [0.15, 0.2) is 60.3 Å². The summed E-state index contributed by atoms with van der Waals surface area (Å²) >= 11 is 0. The predicted octanol–water partition coefficient (Wildman–Crippen LogP) is 7.50. The molecule has 0 bridgehead atoms. The van der Waals surface area contributed by atoms with E-state index in [2.05, 4.69) is 87.7 Å². The third kappa shape index (κ3) is 4.35. The van der Waals surface area contributed by atoms with Gasteiger partial charge in [-0.25, -0.2) is 0 Å². The largest absolute Gasteiger partial charge is 0.387 e. The van der Waals surface area contributed by atoms with Gasteiger partial charge >= 0.3 is 0 Å². The van der Waals surface area contributed by atoms with Crippen LogP contribution in [0, 0.1) is 34.5 Å². The average molecular weight is 525 g/mol. The number of ketones is 1. The molecule has 1 amide bonds. The molecule has 3 unspecified atom stereocenters. The lowest BCUT2D eigenvalue weighted by molar-refractivity contribution is -0.127. The highest BCUT2D eigenvalue weighted by atomic mass is 16.2. The van der Waals surface area contributed by atoms with E-state index in [-0.39, 0.29) is 33.9 Å². The van der Waals surface area contributed by atoms with Crippen molar-refractivity contribution >= 4 is 17.4 Å². The molecule has 4 nitrogen and oxygen atoms in total. The first kappa shape index (κ1) is 26.3. The zero-order valence-electron chi connectivity index (χ0n) is 24.3. The Hall–Kier alpha value is -2.88. The molecule has 0 spiro atoms. The molecule has 4 heteroatoms. The number of anilines is 1. The number of allylic oxidation sites excluding steroid dienone is 2. The minimum Gasteiger partial charge on any atom is -0.387 e. The summed E-state index contributed by atoms with van der Waals surface area (Å²) in [5.74, 6) is 2.16. The molecule has 0 radical (unpaired) electrons. The van der Waals surface area contributed by atoms with Crippen molar-refractivity contribution in [1.29, 1.82) is 0 Å². The minimum absolute atomic E-state index is 0.00787. The molecule has 1 aliphatic heterocycles. The lowest BCUT2D eigenvalue weighted by Gasteiger charge is -2.58. The number of piperidine rings is 1. The standard InChI is InChI=1S/C35H44N2O2/c1-33(2,3)28-12-11-23(22-9-7-6-8-10-22)19-30(28)37-32(39)29-14-13-26-25-21-36-31-20-24(38)15-17-35(31,5)27(25)16-18-34(26,29)4/h6-12,19-20,25-27,29,36H,13-18,21H2,1-5H3,(H,37,39)/t25?,26?,27?,29-,34+,35-/m1/s1. The van der Waals surface area contributed by atoms with Crippen molar-refractivity contribution in [3.8, 4) is 11.1 Å². The van der Waals surface area contributed by atoms with Gasteiger partial charge in [0, 0.05) is 41.8 Å². The Kier molecular flexibility index (Phi) is 6.32. The molecule has 1 heterocycles. The van der Waals surface area contributed by atoms with Gasteiger partial charge in [0.1, 0.15) is 0 Å². The Morgan fingerprint density at radius 1 is 0.949 bits per heavy atom. The zero-order valence-corrected chi connectivity index (χ0v) is 24.3. The number of carbonyl (C=O) groups excluding carboxylic acids is 2. The Labute approximate surface area is 234 Å². The van der Waals surface area contributed by atoms with Crippen LogP contribution in [0.1, 0.15) is 78.7 Å². The van der Waals surface area contributed by atoms with E-state index in [0.717, 1.165) is 55.5 Å². The van der Waals surface area contributed by atoms with E-state index in [0.29, 0.717) is 24.2 Å². The minimum atomic E-state index is -0.0756. The second-order valence-electron chi connectivity index (χ2n) is 14.2. The first-order valence-electron chi connectivity index (χ1n) is 15.0. The topological polar surface area (TPSA) is 58.2 Å². The van der Waals surface area contributed by atoms with Crippen molar-refractivity contribution < 1.29 is 9.59 Å². The maximum absolute atomic E-state index is 14.1. The van der Waals surface area contributed by atoms with Gasteiger partial charge in [-0.3, -0.25) is 9.59 Å². The van der Waals surface area contributed by atoms with E-state index in [1.807, 2.05) is 12.1 Å². The number of nitrogens with one attached hydrogen (secondary N) is 2. The molecule has 2 aromatic rings. The smallest absolute Gasteiger partial charge is 0.228 e. The predicted molar refractivity (Wildman–Crippen MR) is 158 cm³/mol. The van der Waals surface area contributed by atoms with Crippen LogP contribution in [0.4, 0.5) is 5.69 Å². The molecule has 6 rings (SSSR count). The Bertz CT molecular complexity index is 1320. The highest BCUT2D eigenvalue weighted by Crippen LogP contribution is 2.64. The Balaban J connectivity index is 1.26. The molecule has 1 saturated heterocycles. The first-order valence-corrected chi connectivity index (χ1v) is 15.0. The molecule has 4 aliphatic rings. The summed E-state index contributed by atoms with van der Waals surface area (Å²) in [5, 5.41) is 7.15. The molecular weight excluding hydrogens is 480 g/mol. The van der Waals surface area contributed by atoms with Crippen molar-refractivity contribution in [2.24, 2.45) is 34.5 Å². The van der Waals surface area contributed by atoms with Gasteiger partial charge in [-0.2, -0.15) is 0 Å². The van der Waals surface area contributed by atoms with E-state index in [1.165, 1.54) is 11.3 Å². The summed E-state index contributed by atoms with van der Waals surface area (Å²) in [5.41, 5.74) is 5.59. The molecule has 0 aromatic heterocycles. The molecule has 206 valence electrons. The molecule has 2 aromatic carbocycles. The fourth-order valence-electron chi connectivity index (χ4n) is 8.91. The fourth-order valence-corrected chi connectivity index (χ4v) is 8.91.